The van der Waals surface area contributed by atoms with Gasteiger partial charge < -0.3 is 5.32 Å². The maximum absolute atomic E-state index is 11.8. The summed E-state index contributed by atoms with van der Waals surface area (Å²) < 4.78 is 1.67. The second-order valence-electron chi connectivity index (χ2n) is 3.98. The Bertz CT molecular complexity index is 658. The molecule has 106 valence electrons. The fourth-order valence-corrected chi connectivity index (χ4v) is 2.87. The summed E-state index contributed by atoms with van der Waals surface area (Å²) in [5.74, 6) is -0.0974. The predicted octanol–water partition coefficient (Wildman–Crippen LogP) is 2.82. The number of amides is 1. The van der Waals surface area contributed by atoms with E-state index in [0.29, 0.717) is 27.4 Å². The Balaban J connectivity index is 2.21. The second kappa shape index (κ2) is 6.47. The van der Waals surface area contributed by atoms with Crippen molar-refractivity contribution >= 4 is 46.5 Å². The number of fused-ring (bicyclic) bond motifs is 1. The van der Waals surface area contributed by atoms with Crippen molar-refractivity contribution in [3.63, 3.8) is 0 Å². The zero-order chi connectivity index (χ0) is 14.7. The topological polar surface area (TPSA) is 59.3 Å². The minimum absolute atomic E-state index is 0.0974. The minimum atomic E-state index is -0.319. The first-order valence-corrected chi connectivity index (χ1v) is 7.41. The molecule has 2 aromatic rings. The molecule has 2 rings (SSSR count). The van der Waals surface area contributed by atoms with Gasteiger partial charge in [0.15, 0.2) is 10.8 Å². The number of carbonyl (C=O) groups is 1. The molecule has 0 radical (unpaired) electrons. The number of pyridine rings is 1. The quantitative estimate of drug-likeness (QED) is 0.676. The maximum Gasteiger partial charge on any atom is 0.233 e. The molecule has 1 amide bonds. The van der Waals surface area contributed by atoms with E-state index in [4.69, 9.17) is 23.2 Å². The molecule has 0 saturated heterocycles. The van der Waals surface area contributed by atoms with Gasteiger partial charge in [0.05, 0.1) is 15.3 Å². The predicted molar refractivity (Wildman–Crippen MR) is 81.5 cm³/mol. The molecule has 1 unspecified atom stereocenters. The fraction of sp³-hybridized carbons (Fsp3) is 0.250. The second-order valence-corrected chi connectivity index (χ2v) is 6.13. The van der Waals surface area contributed by atoms with Crippen LogP contribution in [0.3, 0.4) is 0 Å². The van der Waals surface area contributed by atoms with Gasteiger partial charge in [-0.3, -0.25) is 9.20 Å². The fourth-order valence-electron chi connectivity index (χ4n) is 1.51. The molecule has 0 aliphatic heterocycles. The highest BCUT2D eigenvalue weighted by atomic mass is 35.5. The molecule has 8 heteroatoms. The van der Waals surface area contributed by atoms with Crippen LogP contribution in [-0.2, 0) is 4.79 Å². The van der Waals surface area contributed by atoms with Gasteiger partial charge in [0.2, 0.25) is 5.91 Å². The molecule has 0 bridgehead atoms. The van der Waals surface area contributed by atoms with Gasteiger partial charge >= 0.3 is 0 Å². The highest BCUT2D eigenvalue weighted by Gasteiger charge is 2.18. The van der Waals surface area contributed by atoms with Gasteiger partial charge in [-0.15, -0.1) is 16.8 Å². The van der Waals surface area contributed by atoms with E-state index in [0.717, 1.165) is 0 Å². The summed E-state index contributed by atoms with van der Waals surface area (Å²) in [7, 11) is 0. The average Bonchev–Trinajstić information content (AvgIpc) is 2.79. The number of aromatic nitrogens is 3. The van der Waals surface area contributed by atoms with E-state index in [9.17, 15) is 4.79 Å². The van der Waals surface area contributed by atoms with Crippen LogP contribution in [0, 0.1) is 0 Å². The SMILES string of the molecule is C=CCNC(=O)C(C)Sc1nnc2c(Cl)cc(Cl)cn12. The van der Waals surface area contributed by atoms with E-state index in [1.54, 1.807) is 29.7 Å². The lowest BCUT2D eigenvalue weighted by Crippen LogP contribution is -2.30. The molecule has 20 heavy (non-hydrogen) atoms. The molecule has 0 spiro atoms. The van der Waals surface area contributed by atoms with Crippen molar-refractivity contribution < 1.29 is 4.79 Å². The molecule has 0 aliphatic rings. The number of thioether (sulfide) groups is 1. The number of rotatable bonds is 5. The van der Waals surface area contributed by atoms with Crippen molar-refractivity contribution in [1.82, 2.24) is 19.9 Å². The molecule has 0 aromatic carbocycles. The normalized spacial score (nSPS) is 12.3. The zero-order valence-electron chi connectivity index (χ0n) is 10.6. The Hall–Kier alpha value is -1.24. The molecule has 0 aliphatic carbocycles. The minimum Gasteiger partial charge on any atom is -0.352 e. The molecule has 0 saturated carbocycles. The molecular weight excluding hydrogens is 319 g/mol. The van der Waals surface area contributed by atoms with Gasteiger partial charge in [0, 0.05) is 12.7 Å². The third-order valence-electron chi connectivity index (χ3n) is 2.47. The van der Waals surface area contributed by atoms with Crippen LogP contribution in [0.25, 0.3) is 5.65 Å². The third kappa shape index (κ3) is 3.26. The van der Waals surface area contributed by atoms with E-state index < -0.39 is 0 Å². The Kier molecular flexibility index (Phi) is 4.91. The Morgan fingerprint density at radius 1 is 1.60 bits per heavy atom. The standard InChI is InChI=1S/C12H12Cl2N4OS/c1-3-4-15-11(19)7(2)20-12-17-16-10-9(14)5-8(13)6-18(10)12/h3,5-7H,1,4H2,2H3,(H,15,19). The van der Waals surface area contributed by atoms with Crippen molar-refractivity contribution in [2.75, 3.05) is 6.54 Å². The van der Waals surface area contributed by atoms with Gasteiger partial charge in [0.25, 0.3) is 0 Å². The molecular formula is C12H12Cl2N4OS. The van der Waals surface area contributed by atoms with E-state index in [1.807, 2.05) is 0 Å². The van der Waals surface area contributed by atoms with Crippen LogP contribution in [0.5, 0.6) is 0 Å². The van der Waals surface area contributed by atoms with Gasteiger partial charge in [-0.05, 0) is 13.0 Å². The molecule has 2 aromatic heterocycles. The van der Waals surface area contributed by atoms with Crippen molar-refractivity contribution in [2.24, 2.45) is 0 Å². The lowest BCUT2D eigenvalue weighted by Gasteiger charge is -2.09. The van der Waals surface area contributed by atoms with Crippen LogP contribution in [0.15, 0.2) is 30.1 Å². The van der Waals surface area contributed by atoms with Crippen LogP contribution in [-0.4, -0.2) is 32.3 Å². The smallest absolute Gasteiger partial charge is 0.233 e. The maximum atomic E-state index is 11.8. The van der Waals surface area contributed by atoms with Gasteiger partial charge in [-0.25, -0.2) is 0 Å². The summed E-state index contributed by atoms with van der Waals surface area (Å²) in [6.45, 7) is 5.77. The van der Waals surface area contributed by atoms with Gasteiger partial charge in [0.1, 0.15) is 0 Å². The number of hydrogen-bond acceptors (Lipinski definition) is 4. The third-order valence-corrected chi connectivity index (χ3v) is 4.01. The highest BCUT2D eigenvalue weighted by molar-refractivity contribution is 8.00. The number of hydrogen-bond donors (Lipinski definition) is 1. The highest BCUT2D eigenvalue weighted by Crippen LogP contribution is 2.27. The Morgan fingerprint density at radius 3 is 3.05 bits per heavy atom. The summed E-state index contributed by atoms with van der Waals surface area (Å²) in [5.41, 5.74) is 0.511. The number of nitrogens with zero attached hydrogens (tertiary/aromatic N) is 3. The number of nitrogens with one attached hydrogen (secondary N) is 1. The zero-order valence-corrected chi connectivity index (χ0v) is 13.0. The summed E-state index contributed by atoms with van der Waals surface area (Å²) in [6.07, 6.45) is 3.29. The first kappa shape index (κ1) is 15.2. The van der Waals surface area contributed by atoms with E-state index in [-0.39, 0.29) is 11.2 Å². The van der Waals surface area contributed by atoms with Crippen molar-refractivity contribution in [3.8, 4) is 0 Å². The summed E-state index contributed by atoms with van der Waals surface area (Å²) in [4.78, 5) is 11.8. The molecule has 0 fully saturated rings. The van der Waals surface area contributed by atoms with E-state index in [2.05, 4.69) is 22.1 Å². The van der Waals surface area contributed by atoms with Crippen molar-refractivity contribution in [2.45, 2.75) is 17.3 Å². The first-order chi connectivity index (χ1) is 9.52. The van der Waals surface area contributed by atoms with Crippen LogP contribution in [0.2, 0.25) is 10.0 Å². The molecule has 5 nitrogen and oxygen atoms in total. The Labute approximate surface area is 130 Å². The summed E-state index contributed by atoms with van der Waals surface area (Å²) in [5, 5.41) is 11.9. The molecule has 1 N–H and O–H groups in total. The van der Waals surface area contributed by atoms with E-state index in [1.165, 1.54) is 11.8 Å². The Morgan fingerprint density at radius 2 is 2.35 bits per heavy atom. The van der Waals surface area contributed by atoms with E-state index >= 15 is 0 Å². The van der Waals surface area contributed by atoms with Crippen molar-refractivity contribution in [3.05, 3.63) is 35.0 Å². The van der Waals surface area contributed by atoms with Crippen LogP contribution < -0.4 is 5.32 Å². The number of carbonyl (C=O) groups excluding carboxylic acids is 1. The molecule has 2 heterocycles. The first-order valence-electron chi connectivity index (χ1n) is 5.78. The lowest BCUT2D eigenvalue weighted by molar-refractivity contribution is -0.120. The lowest BCUT2D eigenvalue weighted by atomic mass is 10.4. The van der Waals surface area contributed by atoms with Gasteiger partial charge in [-0.2, -0.15) is 0 Å². The summed E-state index contributed by atoms with van der Waals surface area (Å²) >= 11 is 13.3. The van der Waals surface area contributed by atoms with Crippen LogP contribution in [0.1, 0.15) is 6.92 Å². The summed E-state index contributed by atoms with van der Waals surface area (Å²) in [6, 6.07) is 1.60. The van der Waals surface area contributed by atoms with Crippen LogP contribution in [0.4, 0.5) is 0 Å². The van der Waals surface area contributed by atoms with Gasteiger partial charge in [-0.1, -0.05) is 41.0 Å². The van der Waals surface area contributed by atoms with Crippen LogP contribution >= 0.6 is 35.0 Å². The monoisotopic (exact) mass is 330 g/mol. The average molecular weight is 331 g/mol. The molecule has 1 atom stereocenters. The number of halogens is 2. The largest absolute Gasteiger partial charge is 0.352 e. The van der Waals surface area contributed by atoms with Crippen molar-refractivity contribution in [1.29, 1.82) is 0 Å².